The van der Waals surface area contributed by atoms with Crippen LogP contribution in [0.4, 0.5) is 0 Å². The van der Waals surface area contributed by atoms with E-state index in [4.69, 9.17) is 14.2 Å². The molecule has 0 N–H and O–H groups in total. The molecule has 144 valence electrons. The van der Waals surface area contributed by atoms with Gasteiger partial charge in [-0.05, 0) is 26.0 Å². The van der Waals surface area contributed by atoms with Crippen LogP contribution in [0, 0.1) is 0 Å². The molecule has 1 aromatic heterocycles. The highest BCUT2D eigenvalue weighted by Gasteiger charge is 2.27. The normalized spacial score (nSPS) is 19.6. The van der Waals surface area contributed by atoms with Gasteiger partial charge in [-0.15, -0.1) is 0 Å². The Kier molecular flexibility index (Phi) is 5.75. The summed E-state index contributed by atoms with van der Waals surface area (Å²) in [6.07, 6.45) is 1.50. The Morgan fingerprint density at radius 3 is 2.48 bits per heavy atom. The van der Waals surface area contributed by atoms with Crippen LogP contribution in [0.3, 0.4) is 0 Å². The molecule has 0 bridgehead atoms. The molecule has 1 aromatic carbocycles. The number of amides is 1. The molecule has 2 aromatic rings. The van der Waals surface area contributed by atoms with E-state index < -0.39 is 5.97 Å². The Morgan fingerprint density at radius 1 is 1.19 bits per heavy atom. The second kappa shape index (κ2) is 8.22. The minimum absolute atomic E-state index is 0.0258. The first-order valence-electron chi connectivity index (χ1n) is 8.77. The van der Waals surface area contributed by atoms with Gasteiger partial charge in [0.1, 0.15) is 0 Å². The Hall–Kier alpha value is -2.87. The summed E-state index contributed by atoms with van der Waals surface area (Å²) in [5.74, 6) is -0.680. The summed E-state index contributed by atoms with van der Waals surface area (Å²) in [7, 11) is 1.45. The molecule has 1 amide bonds. The van der Waals surface area contributed by atoms with Gasteiger partial charge in [0.05, 0.1) is 31.2 Å². The smallest absolute Gasteiger partial charge is 0.363 e. The fraction of sp³-hybridized carbons (Fsp3) is 0.421. The zero-order valence-corrected chi connectivity index (χ0v) is 15.6. The topological polar surface area (TPSA) is 82.9 Å². The molecule has 27 heavy (non-hydrogen) atoms. The van der Waals surface area contributed by atoms with Crippen LogP contribution in [-0.2, 0) is 14.3 Å². The van der Waals surface area contributed by atoms with Gasteiger partial charge in [-0.25, -0.2) is 9.48 Å². The molecule has 0 radical (unpaired) electrons. The fourth-order valence-corrected chi connectivity index (χ4v) is 3.03. The zero-order valence-electron chi connectivity index (χ0n) is 15.6. The van der Waals surface area contributed by atoms with Crippen LogP contribution in [0.15, 0.2) is 36.5 Å². The standard InChI is InChI=1S/C19H23N3O5/c1-13-9-21(10-14(2)27-13)17(23)12-26-19(24)18-16(25-3)11-22(20-18)15-7-5-4-6-8-15/h4-8,11,13-14H,9-10,12H2,1-3H3/t13-,14-/m0/s1. The third kappa shape index (κ3) is 4.46. The molecule has 0 aliphatic carbocycles. The molecular formula is C19H23N3O5. The number of ether oxygens (including phenoxy) is 3. The fourth-order valence-electron chi connectivity index (χ4n) is 3.03. The quantitative estimate of drug-likeness (QED) is 0.742. The summed E-state index contributed by atoms with van der Waals surface area (Å²) in [6, 6.07) is 9.32. The highest BCUT2D eigenvalue weighted by molar-refractivity contribution is 5.92. The molecule has 1 saturated heterocycles. The van der Waals surface area contributed by atoms with Gasteiger partial charge < -0.3 is 19.1 Å². The average molecular weight is 373 g/mol. The molecule has 0 unspecified atom stereocenters. The number of methoxy groups -OCH3 is 1. The van der Waals surface area contributed by atoms with Crippen molar-refractivity contribution in [2.24, 2.45) is 0 Å². The van der Waals surface area contributed by atoms with Gasteiger partial charge in [-0.3, -0.25) is 4.79 Å². The van der Waals surface area contributed by atoms with Crippen molar-refractivity contribution in [1.82, 2.24) is 14.7 Å². The van der Waals surface area contributed by atoms with E-state index in [1.165, 1.54) is 11.8 Å². The maximum Gasteiger partial charge on any atom is 0.363 e. The van der Waals surface area contributed by atoms with Gasteiger partial charge in [-0.2, -0.15) is 5.10 Å². The van der Waals surface area contributed by atoms with E-state index in [-0.39, 0.29) is 36.2 Å². The van der Waals surface area contributed by atoms with Crippen LogP contribution in [0.1, 0.15) is 24.3 Å². The number of para-hydroxylation sites is 1. The number of morpholine rings is 1. The van der Waals surface area contributed by atoms with Crippen LogP contribution < -0.4 is 4.74 Å². The van der Waals surface area contributed by atoms with Gasteiger partial charge in [0.15, 0.2) is 12.4 Å². The van der Waals surface area contributed by atoms with Crippen LogP contribution in [0.5, 0.6) is 5.75 Å². The second-order valence-corrected chi connectivity index (χ2v) is 6.46. The van der Waals surface area contributed by atoms with E-state index in [1.807, 2.05) is 44.2 Å². The number of rotatable bonds is 5. The molecule has 8 heteroatoms. The molecule has 3 rings (SSSR count). The Bertz CT molecular complexity index is 795. The summed E-state index contributed by atoms with van der Waals surface area (Å²) in [5, 5.41) is 4.24. The second-order valence-electron chi connectivity index (χ2n) is 6.46. The van der Waals surface area contributed by atoms with E-state index in [1.54, 1.807) is 11.1 Å². The van der Waals surface area contributed by atoms with E-state index in [2.05, 4.69) is 5.10 Å². The summed E-state index contributed by atoms with van der Waals surface area (Å²) >= 11 is 0. The van der Waals surface area contributed by atoms with Gasteiger partial charge in [0.25, 0.3) is 5.91 Å². The first-order valence-corrected chi connectivity index (χ1v) is 8.77. The lowest BCUT2D eigenvalue weighted by molar-refractivity contribution is -0.146. The van der Waals surface area contributed by atoms with Crippen molar-refractivity contribution in [1.29, 1.82) is 0 Å². The van der Waals surface area contributed by atoms with Crippen LogP contribution in [0.2, 0.25) is 0 Å². The van der Waals surface area contributed by atoms with E-state index in [0.717, 1.165) is 5.69 Å². The van der Waals surface area contributed by atoms with Crippen LogP contribution >= 0.6 is 0 Å². The lowest BCUT2D eigenvalue weighted by Gasteiger charge is -2.35. The third-order valence-electron chi connectivity index (χ3n) is 4.21. The lowest BCUT2D eigenvalue weighted by Crippen LogP contribution is -2.49. The third-order valence-corrected chi connectivity index (χ3v) is 4.21. The monoisotopic (exact) mass is 373 g/mol. The predicted octanol–water partition coefficient (Wildman–Crippen LogP) is 1.67. The molecule has 1 fully saturated rings. The van der Waals surface area contributed by atoms with Crippen LogP contribution in [0.25, 0.3) is 5.69 Å². The van der Waals surface area contributed by atoms with E-state index in [0.29, 0.717) is 13.1 Å². The SMILES string of the molecule is COc1cn(-c2ccccc2)nc1C(=O)OCC(=O)N1C[C@H](C)O[C@@H](C)C1. The number of carbonyl (C=O) groups is 2. The Labute approximate surface area is 157 Å². The predicted molar refractivity (Wildman–Crippen MR) is 97.0 cm³/mol. The molecule has 1 aliphatic rings. The van der Waals surface area contributed by atoms with Crippen LogP contribution in [-0.4, -0.2) is 65.6 Å². The molecule has 1 aliphatic heterocycles. The lowest BCUT2D eigenvalue weighted by atomic mass is 10.2. The minimum Gasteiger partial charge on any atom is -0.493 e. The van der Waals surface area contributed by atoms with E-state index >= 15 is 0 Å². The van der Waals surface area contributed by atoms with Crippen molar-refractivity contribution in [2.75, 3.05) is 26.8 Å². The first-order chi connectivity index (χ1) is 13.0. The molecule has 2 atom stereocenters. The van der Waals surface area contributed by atoms with Crippen molar-refractivity contribution >= 4 is 11.9 Å². The molecule has 2 heterocycles. The number of hydrogen-bond donors (Lipinski definition) is 0. The number of aromatic nitrogens is 2. The van der Waals surface area contributed by atoms with Crippen molar-refractivity contribution in [3.8, 4) is 11.4 Å². The molecule has 0 spiro atoms. The largest absolute Gasteiger partial charge is 0.493 e. The molecular weight excluding hydrogens is 350 g/mol. The van der Waals surface area contributed by atoms with Gasteiger partial charge in [0.2, 0.25) is 5.69 Å². The average Bonchev–Trinajstić information content (AvgIpc) is 3.10. The van der Waals surface area contributed by atoms with Crippen molar-refractivity contribution < 1.29 is 23.8 Å². The number of benzene rings is 1. The van der Waals surface area contributed by atoms with E-state index in [9.17, 15) is 9.59 Å². The van der Waals surface area contributed by atoms with Crippen molar-refractivity contribution in [2.45, 2.75) is 26.1 Å². The first kappa shape index (κ1) is 18.9. The van der Waals surface area contributed by atoms with Gasteiger partial charge >= 0.3 is 5.97 Å². The number of nitrogens with zero attached hydrogens (tertiary/aromatic N) is 3. The van der Waals surface area contributed by atoms with Crippen molar-refractivity contribution in [3.63, 3.8) is 0 Å². The Balaban J connectivity index is 1.66. The van der Waals surface area contributed by atoms with Crippen molar-refractivity contribution in [3.05, 3.63) is 42.2 Å². The highest BCUT2D eigenvalue weighted by Crippen LogP contribution is 2.20. The van der Waals surface area contributed by atoms with Gasteiger partial charge in [0, 0.05) is 13.1 Å². The zero-order chi connectivity index (χ0) is 19.4. The summed E-state index contributed by atoms with van der Waals surface area (Å²) < 4.78 is 17.5. The summed E-state index contributed by atoms with van der Waals surface area (Å²) in [4.78, 5) is 26.4. The molecule has 0 saturated carbocycles. The van der Waals surface area contributed by atoms with Gasteiger partial charge in [-0.1, -0.05) is 18.2 Å². The summed E-state index contributed by atoms with van der Waals surface area (Å²) in [6.45, 7) is 4.42. The number of esters is 1. The number of hydrogen-bond acceptors (Lipinski definition) is 6. The molecule has 8 nitrogen and oxygen atoms in total. The summed E-state index contributed by atoms with van der Waals surface area (Å²) in [5.41, 5.74) is 0.806. The Morgan fingerprint density at radius 2 is 1.85 bits per heavy atom. The highest BCUT2D eigenvalue weighted by atomic mass is 16.5. The number of carbonyl (C=O) groups excluding carboxylic acids is 2. The maximum atomic E-state index is 12.4. The maximum absolute atomic E-state index is 12.4. The minimum atomic E-state index is -0.704.